The molecule has 7 nitrogen and oxygen atoms in total. The normalized spacial score (nSPS) is 9.40. The molecule has 15 heavy (non-hydrogen) atoms. The number of nitrogens with one attached hydrogen (secondary N) is 1. The molecule has 0 atom stereocenters. The summed E-state index contributed by atoms with van der Waals surface area (Å²) in [5, 5.41) is 10.5. The number of hydrogen-bond acceptors (Lipinski definition) is 6. The summed E-state index contributed by atoms with van der Waals surface area (Å²) in [5.41, 5.74) is 2.08. The van der Waals surface area contributed by atoms with Crippen molar-refractivity contribution in [2.75, 3.05) is 12.0 Å². The van der Waals surface area contributed by atoms with E-state index >= 15 is 0 Å². The zero-order valence-corrected chi connectivity index (χ0v) is 7.84. The van der Waals surface area contributed by atoms with Gasteiger partial charge in [-0.25, -0.2) is 5.84 Å². The van der Waals surface area contributed by atoms with Gasteiger partial charge in [-0.3, -0.25) is 10.1 Å². The SMILES string of the molecule is C=CCOc1cc([N+](=O)[O-])cc(NN)n1. The third-order valence-corrected chi connectivity index (χ3v) is 1.49. The molecule has 0 aromatic carbocycles. The van der Waals surface area contributed by atoms with E-state index in [9.17, 15) is 10.1 Å². The van der Waals surface area contributed by atoms with Crippen LogP contribution in [0.15, 0.2) is 24.8 Å². The highest BCUT2D eigenvalue weighted by Crippen LogP contribution is 2.21. The molecule has 0 amide bonds. The van der Waals surface area contributed by atoms with Crippen LogP contribution in [-0.4, -0.2) is 16.5 Å². The molecule has 1 aromatic rings. The topological polar surface area (TPSA) is 103 Å². The number of hydrazine groups is 1. The lowest BCUT2D eigenvalue weighted by Gasteiger charge is -2.04. The van der Waals surface area contributed by atoms with E-state index in [4.69, 9.17) is 10.6 Å². The maximum atomic E-state index is 10.5. The fourth-order valence-electron chi connectivity index (χ4n) is 0.889. The molecule has 3 N–H and O–H groups in total. The third kappa shape index (κ3) is 2.92. The summed E-state index contributed by atoms with van der Waals surface area (Å²) in [5.74, 6) is 5.40. The fourth-order valence-corrected chi connectivity index (χ4v) is 0.889. The van der Waals surface area contributed by atoms with Crippen molar-refractivity contribution in [3.63, 3.8) is 0 Å². The van der Waals surface area contributed by atoms with E-state index in [2.05, 4.69) is 17.0 Å². The minimum Gasteiger partial charge on any atom is -0.473 e. The van der Waals surface area contributed by atoms with Crippen LogP contribution in [0.5, 0.6) is 5.88 Å². The van der Waals surface area contributed by atoms with Crippen molar-refractivity contribution < 1.29 is 9.66 Å². The zero-order valence-electron chi connectivity index (χ0n) is 7.84. The van der Waals surface area contributed by atoms with Gasteiger partial charge in [-0.1, -0.05) is 12.7 Å². The van der Waals surface area contributed by atoms with Crippen LogP contribution in [0.2, 0.25) is 0 Å². The van der Waals surface area contributed by atoms with Crippen LogP contribution in [0.1, 0.15) is 0 Å². The van der Waals surface area contributed by atoms with E-state index in [0.29, 0.717) is 0 Å². The van der Waals surface area contributed by atoms with Gasteiger partial charge in [-0.15, -0.1) is 0 Å². The maximum absolute atomic E-state index is 10.5. The molecule has 0 bridgehead atoms. The molecular formula is C8H10N4O3. The van der Waals surface area contributed by atoms with Gasteiger partial charge in [0, 0.05) is 0 Å². The van der Waals surface area contributed by atoms with Crippen LogP contribution in [0.4, 0.5) is 11.5 Å². The lowest BCUT2D eigenvalue weighted by atomic mass is 10.4. The highest BCUT2D eigenvalue weighted by Gasteiger charge is 2.11. The van der Waals surface area contributed by atoms with Crippen LogP contribution in [0.25, 0.3) is 0 Å². The number of anilines is 1. The van der Waals surface area contributed by atoms with Gasteiger partial charge in [0.15, 0.2) is 5.82 Å². The summed E-state index contributed by atoms with van der Waals surface area (Å²) in [6.45, 7) is 3.67. The van der Waals surface area contributed by atoms with Gasteiger partial charge >= 0.3 is 0 Å². The average Bonchev–Trinajstić information content (AvgIpc) is 2.25. The second-order valence-corrected chi connectivity index (χ2v) is 2.55. The first-order chi connectivity index (χ1) is 7.17. The second kappa shape index (κ2) is 4.91. The molecule has 0 saturated heterocycles. The predicted molar refractivity (Wildman–Crippen MR) is 54.4 cm³/mol. The van der Waals surface area contributed by atoms with Crippen LogP contribution in [-0.2, 0) is 0 Å². The summed E-state index contributed by atoms with van der Waals surface area (Å²) in [4.78, 5) is 13.8. The second-order valence-electron chi connectivity index (χ2n) is 2.55. The van der Waals surface area contributed by atoms with Gasteiger partial charge in [0.25, 0.3) is 5.69 Å². The third-order valence-electron chi connectivity index (χ3n) is 1.49. The molecule has 0 unspecified atom stereocenters. The first kappa shape index (κ1) is 10.9. The van der Waals surface area contributed by atoms with Crippen LogP contribution in [0, 0.1) is 10.1 Å². The van der Waals surface area contributed by atoms with Crippen molar-refractivity contribution >= 4 is 11.5 Å². The van der Waals surface area contributed by atoms with E-state index in [-0.39, 0.29) is 24.0 Å². The Kier molecular flexibility index (Phi) is 3.58. The Morgan fingerprint density at radius 3 is 3.00 bits per heavy atom. The van der Waals surface area contributed by atoms with Crippen LogP contribution >= 0.6 is 0 Å². The van der Waals surface area contributed by atoms with E-state index in [0.717, 1.165) is 0 Å². The molecule has 0 radical (unpaired) electrons. The minimum atomic E-state index is -0.552. The van der Waals surface area contributed by atoms with Crippen molar-refractivity contribution in [1.82, 2.24) is 4.98 Å². The standard InChI is InChI=1S/C8H10N4O3/c1-2-3-15-8-5-6(12(13)14)4-7(10-8)11-9/h2,4-5H,1,3,9H2,(H,10,11). The Morgan fingerprint density at radius 2 is 2.47 bits per heavy atom. The number of nitrogens with two attached hydrogens (primary N) is 1. The Morgan fingerprint density at radius 1 is 1.73 bits per heavy atom. The number of nitro groups is 1. The maximum Gasteiger partial charge on any atom is 0.278 e. The number of pyridine rings is 1. The van der Waals surface area contributed by atoms with E-state index < -0.39 is 4.92 Å². The number of nitrogens with zero attached hydrogens (tertiary/aromatic N) is 2. The monoisotopic (exact) mass is 210 g/mol. The highest BCUT2D eigenvalue weighted by atomic mass is 16.6. The highest BCUT2D eigenvalue weighted by molar-refractivity contribution is 5.47. The smallest absolute Gasteiger partial charge is 0.278 e. The Balaban J connectivity index is 2.99. The van der Waals surface area contributed by atoms with Crippen molar-refractivity contribution in [3.05, 3.63) is 34.9 Å². The summed E-state index contributed by atoms with van der Waals surface area (Å²) in [6.07, 6.45) is 1.51. The molecule has 1 aromatic heterocycles. The van der Waals surface area contributed by atoms with E-state index in [1.165, 1.54) is 18.2 Å². The quantitative estimate of drug-likeness (QED) is 0.323. The predicted octanol–water partition coefficient (Wildman–Crippen LogP) is 0.840. The minimum absolute atomic E-state index is 0.122. The summed E-state index contributed by atoms with van der Waals surface area (Å²) in [6, 6.07) is 2.42. The van der Waals surface area contributed by atoms with Gasteiger partial charge in [-0.05, 0) is 0 Å². The fraction of sp³-hybridized carbons (Fsp3) is 0.125. The molecular weight excluding hydrogens is 200 g/mol. The molecule has 7 heteroatoms. The molecule has 1 heterocycles. The number of rotatable bonds is 5. The molecule has 0 saturated carbocycles. The molecule has 0 aliphatic heterocycles. The van der Waals surface area contributed by atoms with Crippen molar-refractivity contribution in [2.45, 2.75) is 0 Å². The number of aromatic nitrogens is 1. The first-order valence-electron chi connectivity index (χ1n) is 4.04. The van der Waals surface area contributed by atoms with Crippen molar-refractivity contribution in [2.24, 2.45) is 5.84 Å². The summed E-state index contributed by atoms with van der Waals surface area (Å²) < 4.78 is 5.06. The number of nitrogen functional groups attached to an aromatic ring is 1. The average molecular weight is 210 g/mol. The Labute approximate surface area is 85.7 Å². The number of ether oxygens (including phenoxy) is 1. The lowest BCUT2D eigenvalue weighted by Crippen LogP contribution is -2.09. The van der Waals surface area contributed by atoms with Gasteiger partial charge in [0.05, 0.1) is 17.1 Å². The molecule has 0 aliphatic rings. The van der Waals surface area contributed by atoms with Crippen LogP contribution in [0.3, 0.4) is 0 Å². The van der Waals surface area contributed by atoms with Gasteiger partial charge < -0.3 is 10.2 Å². The lowest BCUT2D eigenvalue weighted by molar-refractivity contribution is -0.384. The summed E-state index contributed by atoms with van der Waals surface area (Å²) in [7, 11) is 0. The van der Waals surface area contributed by atoms with Crippen LogP contribution < -0.4 is 16.0 Å². The largest absolute Gasteiger partial charge is 0.473 e. The zero-order chi connectivity index (χ0) is 11.3. The van der Waals surface area contributed by atoms with Crippen molar-refractivity contribution in [3.8, 4) is 5.88 Å². The molecule has 1 rings (SSSR count). The van der Waals surface area contributed by atoms with Crippen molar-refractivity contribution in [1.29, 1.82) is 0 Å². The van der Waals surface area contributed by atoms with Gasteiger partial charge in [0.1, 0.15) is 6.61 Å². The van der Waals surface area contributed by atoms with E-state index in [1.54, 1.807) is 0 Å². The van der Waals surface area contributed by atoms with Gasteiger partial charge in [-0.2, -0.15) is 4.98 Å². The molecule has 0 spiro atoms. The van der Waals surface area contributed by atoms with E-state index in [1.807, 2.05) is 0 Å². The first-order valence-corrected chi connectivity index (χ1v) is 4.04. The number of hydrogen-bond donors (Lipinski definition) is 2. The summed E-state index contributed by atoms with van der Waals surface area (Å²) >= 11 is 0. The van der Waals surface area contributed by atoms with Gasteiger partial charge in [0.2, 0.25) is 5.88 Å². The molecule has 80 valence electrons. The Hall–Kier alpha value is -2.15. The molecule has 0 fully saturated rings. The Bertz CT molecular complexity index is 380. The molecule has 0 aliphatic carbocycles.